The molecule has 0 aromatic carbocycles. The summed E-state index contributed by atoms with van der Waals surface area (Å²) in [5.74, 6) is 1.25. The molecule has 0 unspecified atom stereocenters. The molecule has 4 heterocycles. The van der Waals surface area contributed by atoms with Crippen LogP contribution in [0.1, 0.15) is 16.2 Å². The van der Waals surface area contributed by atoms with Crippen LogP contribution in [0.15, 0.2) is 41.3 Å². The third-order valence-corrected chi connectivity index (χ3v) is 4.66. The van der Waals surface area contributed by atoms with E-state index < -0.39 is 0 Å². The number of nitrogens with zero attached hydrogens (tertiary/aromatic N) is 8. The zero-order chi connectivity index (χ0) is 19.7. The van der Waals surface area contributed by atoms with Crippen molar-refractivity contribution < 1.29 is 4.79 Å². The summed E-state index contributed by atoms with van der Waals surface area (Å²) in [5, 5.41) is 16.9. The molecule has 1 amide bonds. The van der Waals surface area contributed by atoms with E-state index in [9.17, 15) is 9.59 Å². The highest BCUT2D eigenvalue weighted by atomic mass is 16.2. The highest BCUT2D eigenvalue weighted by Crippen LogP contribution is 2.15. The molecule has 1 saturated heterocycles. The van der Waals surface area contributed by atoms with Crippen LogP contribution in [0.5, 0.6) is 0 Å². The maximum absolute atomic E-state index is 12.6. The molecule has 0 radical (unpaired) electrons. The van der Waals surface area contributed by atoms with E-state index in [0.29, 0.717) is 32.0 Å². The van der Waals surface area contributed by atoms with Crippen molar-refractivity contribution in [3.8, 4) is 5.82 Å². The summed E-state index contributed by atoms with van der Waals surface area (Å²) in [7, 11) is 1.53. The summed E-state index contributed by atoms with van der Waals surface area (Å²) in [5.41, 5.74) is 0.947. The number of hydrogen-bond donors (Lipinski definition) is 0. The molecule has 3 aromatic rings. The van der Waals surface area contributed by atoms with Crippen molar-refractivity contribution in [1.29, 1.82) is 0 Å². The van der Waals surface area contributed by atoms with E-state index in [0.717, 1.165) is 11.5 Å². The van der Waals surface area contributed by atoms with Crippen LogP contribution in [0, 0.1) is 6.92 Å². The van der Waals surface area contributed by atoms with Gasteiger partial charge in [-0.1, -0.05) is 0 Å². The Morgan fingerprint density at radius 1 is 0.929 bits per heavy atom. The normalized spacial score (nSPS) is 14.4. The molecule has 28 heavy (non-hydrogen) atoms. The maximum Gasteiger partial charge on any atom is 0.274 e. The van der Waals surface area contributed by atoms with Crippen LogP contribution in [0.2, 0.25) is 0 Å². The summed E-state index contributed by atoms with van der Waals surface area (Å²) >= 11 is 0. The molecule has 0 aliphatic carbocycles. The smallest absolute Gasteiger partial charge is 0.274 e. The quantitative estimate of drug-likeness (QED) is 0.631. The van der Waals surface area contributed by atoms with Gasteiger partial charge in [0.25, 0.3) is 11.5 Å². The lowest BCUT2D eigenvalue weighted by molar-refractivity contribution is 0.0738. The lowest BCUT2D eigenvalue weighted by atomic mass is 10.2. The van der Waals surface area contributed by atoms with Crippen molar-refractivity contribution in [2.45, 2.75) is 6.92 Å². The molecular weight excluding hydrogens is 360 g/mol. The first-order valence-electron chi connectivity index (χ1n) is 8.96. The van der Waals surface area contributed by atoms with Crippen molar-refractivity contribution in [2.75, 3.05) is 31.1 Å². The van der Waals surface area contributed by atoms with Gasteiger partial charge in [0.2, 0.25) is 0 Å². The average Bonchev–Trinajstić information content (AvgIpc) is 3.16. The van der Waals surface area contributed by atoms with Gasteiger partial charge in [-0.15, -0.1) is 10.2 Å². The minimum atomic E-state index is -0.242. The molecular formula is C18H20N8O2. The Balaban J connectivity index is 1.40. The predicted molar refractivity (Wildman–Crippen MR) is 101 cm³/mol. The molecule has 0 spiro atoms. The second-order valence-corrected chi connectivity index (χ2v) is 6.61. The van der Waals surface area contributed by atoms with E-state index in [2.05, 4.69) is 25.3 Å². The van der Waals surface area contributed by atoms with Gasteiger partial charge in [0.1, 0.15) is 5.69 Å². The number of piperazine rings is 1. The van der Waals surface area contributed by atoms with Gasteiger partial charge in [-0.3, -0.25) is 9.59 Å². The van der Waals surface area contributed by atoms with E-state index in [-0.39, 0.29) is 17.2 Å². The average molecular weight is 380 g/mol. The fourth-order valence-electron chi connectivity index (χ4n) is 3.07. The molecule has 0 N–H and O–H groups in total. The second-order valence-electron chi connectivity index (χ2n) is 6.61. The number of rotatable bonds is 3. The summed E-state index contributed by atoms with van der Waals surface area (Å²) in [4.78, 5) is 27.9. The predicted octanol–water partition coefficient (Wildman–Crippen LogP) is 0.0268. The monoisotopic (exact) mass is 380 g/mol. The molecule has 3 aromatic heterocycles. The number of carbonyl (C=O) groups excluding carboxylic acids is 1. The van der Waals surface area contributed by atoms with E-state index >= 15 is 0 Å². The number of anilines is 1. The van der Waals surface area contributed by atoms with Gasteiger partial charge >= 0.3 is 0 Å². The summed E-state index contributed by atoms with van der Waals surface area (Å²) in [6.07, 6.45) is 1.84. The molecule has 1 aliphatic heterocycles. The molecule has 1 fully saturated rings. The Bertz CT molecular complexity index is 1050. The first-order chi connectivity index (χ1) is 13.5. The first-order valence-corrected chi connectivity index (χ1v) is 8.96. The second kappa shape index (κ2) is 7.22. The van der Waals surface area contributed by atoms with E-state index in [1.165, 1.54) is 23.9 Å². The molecule has 0 bridgehead atoms. The topological polar surface area (TPSA) is 102 Å². The highest BCUT2D eigenvalue weighted by molar-refractivity contribution is 5.92. The number of aromatic nitrogens is 6. The number of carbonyl (C=O) groups is 1. The third kappa shape index (κ3) is 3.48. The van der Waals surface area contributed by atoms with Crippen LogP contribution < -0.4 is 10.5 Å². The Morgan fingerprint density at radius 3 is 2.25 bits per heavy atom. The van der Waals surface area contributed by atoms with Crippen LogP contribution in [-0.2, 0) is 7.05 Å². The van der Waals surface area contributed by atoms with Crippen molar-refractivity contribution in [3.05, 3.63) is 58.3 Å². The molecule has 0 atom stereocenters. The van der Waals surface area contributed by atoms with Gasteiger partial charge in [-0.25, -0.2) is 9.36 Å². The van der Waals surface area contributed by atoms with Crippen molar-refractivity contribution in [2.24, 2.45) is 7.05 Å². The lowest BCUT2D eigenvalue weighted by Crippen LogP contribution is -2.49. The van der Waals surface area contributed by atoms with Crippen LogP contribution in [0.4, 0.5) is 5.82 Å². The highest BCUT2D eigenvalue weighted by Gasteiger charge is 2.24. The molecule has 10 heteroatoms. The Labute approximate surface area is 161 Å². The van der Waals surface area contributed by atoms with Crippen LogP contribution in [-0.4, -0.2) is 66.7 Å². The summed E-state index contributed by atoms with van der Waals surface area (Å²) < 4.78 is 2.85. The SMILES string of the molecule is Cc1ccn(-c2ccc(N3CCN(C(=O)c4ccc(=O)n(C)n4)CC3)nn2)n1. The standard InChI is InChI=1S/C18H20N8O2/c1-13-7-8-26(21-13)16-5-4-15(19-20-16)24-9-11-25(12-10-24)18(28)14-3-6-17(27)23(2)22-14/h3-8H,9-12H2,1-2H3. The van der Waals surface area contributed by atoms with Gasteiger partial charge in [-0.05, 0) is 31.2 Å². The van der Waals surface area contributed by atoms with Gasteiger partial charge in [0.05, 0.1) is 5.69 Å². The molecule has 144 valence electrons. The van der Waals surface area contributed by atoms with Crippen molar-refractivity contribution in [3.63, 3.8) is 0 Å². The Hall–Kier alpha value is -3.56. The lowest BCUT2D eigenvalue weighted by Gasteiger charge is -2.35. The third-order valence-electron chi connectivity index (χ3n) is 4.66. The van der Waals surface area contributed by atoms with Gasteiger partial charge in [0, 0.05) is 45.5 Å². The molecule has 0 saturated carbocycles. The zero-order valence-corrected chi connectivity index (χ0v) is 15.7. The summed E-state index contributed by atoms with van der Waals surface area (Å²) in [6.45, 7) is 4.30. The molecule has 10 nitrogen and oxygen atoms in total. The van der Waals surface area contributed by atoms with Crippen LogP contribution in [0.3, 0.4) is 0 Å². The van der Waals surface area contributed by atoms with Gasteiger partial charge < -0.3 is 9.80 Å². The largest absolute Gasteiger partial charge is 0.352 e. The molecule has 1 aliphatic rings. The number of hydrogen-bond acceptors (Lipinski definition) is 7. The zero-order valence-electron chi connectivity index (χ0n) is 15.7. The number of aryl methyl sites for hydroxylation is 2. The fourth-order valence-corrected chi connectivity index (χ4v) is 3.07. The fraction of sp³-hybridized carbons (Fsp3) is 0.333. The number of amides is 1. The minimum absolute atomic E-state index is 0.175. The van der Waals surface area contributed by atoms with Crippen LogP contribution in [0.25, 0.3) is 5.82 Å². The maximum atomic E-state index is 12.6. The molecule has 4 rings (SSSR count). The Kier molecular flexibility index (Phi) is 4.60. The van der Waals surface area contributed by atoms with Crippen molar-refractivity contribution in [1.82, 2.24) is 34.7 Å². The summed E-state index contributed by atoms with van der Waals surface area (Å²) in [6, 6.07) is 8.52. The minimum Gasteiger partial charge on any atom is -0.352 e. The van der Waals surface area contributed by atoms with Gasteiger partial charge in [0.15, 0.2) is 11.6 Å². The van der Waals surface area contributed by atoms with Crippen LogP contribution >= 0.6 is 0 Å². The Morgan fingerprint density at radius 2 is 1.64 bits per heavy atom. The van der Waals surface area contributed by atoms with Gasteiger partial charge in [-0.2, -0.15) is 10.2 Å². The van der Waals surface area contributed by atoms with E-state index in [4.69, 9.17) is 0 Å². The van der Waals surface area contributed by atoms with Crippen molar-refractivity contribution >= 4 is 11.7 Å². The van der Waals surface area contributed by atoms with E-state index in [1.807, 2.05) is 31.3 Å². The van der Waals surface area contributed by atoms with E-state index in [1.54, 1.807) is 9.58 Å². The first kappa shape index (κ1) is 17.8.